The van der Waals surface area contributed by atoms with Crippen molar-refractivity contribution in [1.29, 1.82) is 0 Å². The van der Waals surface area contributed by atoms with E-state index < -0.39 is 0 Å². The summed E-state index contributed by atoms with van der Waals surface area (Å²) in [6.07, 6.45) is 1.48. The zero-order valence-corrected chi connectivity index (χ0v) is 5.13. The van der Waals surface area contributed by atoms with Gasteiger partial charge in [0.05, 0.1) is 0 Å². The molecule has 1 radical (unpaired) electrons. The van der Waals surface area contributed by atoms with Crippen molar-refractivity contribution >= 4 is 6.29 Å². The van der Waals surface area contributed by atoms with Crippen LogP contribution in [0.3, 0.4) is 0 Å². The largest absolute Gasteiger partial charge is 0.327 e. The SMILES string of the molecule is [CH2]CC(N)C(C)C=O. The Balaban J connectivity index is 3.44. The number of carbonyl (C=O) groups excluding carboxylic acids is 1. The minimum absolute atomic E-state index is 0.0486. The summed E-state index contributed by atoms with van der Waals surface area (Å²) >= 11 is 0. The van der Waals surface area contributed by atoms with E-state index in [2.05, 4.69) is 6.92 Å². The second-order valence-corrected chi connectivity index (χ2v) is 1.95. The highest BCUT2D eigenvalue weighted by molar-refractivity contribution is 5.53. The molecule has 0 aromatic carbocycles. The molecule has 2 unspecified atom stereocenters. The van der Waals surface area contributed by atoms with E-state index in [1.165, 1.54) is 0 Å². The average molecular weight is 114 g/mol. The van der Waals surface area contributed by atoms with Crippen molar-refractivity contribution in [3.05, 3.63) is 6.92 Å². The van der Waals surface area contributed by atoms with Crippen LogP contribution in [0.15, 0.2) is 0 Å². The number of hydrogen-bond donors (Lipinski definition) is 1. The quantitative estimate of drug-likeness (QED) is 0.539. The van der Waals surface area contributed by atoms with Gasteiger partial charge < -0.3 is 10.5 Å². The minimum Gasteiger partial charge on any atom is -0.327 e. The predicted molar refractivity (Wildman–Crippen MR) is 33.2 cm³/mol. The van der Waals surface area contributed by atoms with Gasteiger partial charge in [-0.25, -0.2) is 0 Å². The third kappa shape index (κ3) is 2.07. The standard InChI is InChI=1S/C6H12NO/c1-3-6(7)5(2)4-8/h4-6H,1,3,7H2,2H3. The van der Waals surface area contributed by atoms with Crippen LogP contribution in [0.5, 0.6) is 0 Å². The van der Waals surface area contributed by atoms with Crippen LogP contribution in [0.4, 0.5) is 0 Å². The molecule has 0 aromatic heterocycles. The first-order valence-corrected chi connectivity index (χ1v) is 2.72. The Morgan fingerprint density at radius 1 is 1.88 bits per heavy atom. The van der Waals surface area contributed by atoms with Gasteiger partial charge in [-0.15, -0.1) is 0 Å². The fourth-order valence-electron chi connectivity index (χ4n) is 0.364. The lowest BCUT2D eigenvalue weighted by atomic mass is 10.0. The third-order valence-electron chi connectivity index (χ3n) is 1.22. The predicted octanol–water partition coefficient (Wildman–Crippen LogP) is 0.373. The van der Waals surface area contributed by atoms with E-state index in [1.807, 2.05) is 0 Å². The Kier molecular flexibility index (Phi) is 3.44. The molecule has 0 aliphatic rings. The maximum Gasteiger partial charge on any atom is 0.124 e. The molecule has 47 valence electrons. The fourth-order valence-corrected chi connectivity index (χ4v) is 0.364. The fraction of sp³-hybridized carbons (Fsp3) is 0.667. The molecule has 0 fully saturated rings. The van der Waals surface area contributed by atoms with Gasteiger partial charge in [-0.3, -0.25) is 0 Å². The van der Waals surface area contributed by atoms with Crippen LogP contribution in [0.25, 0.3) is 0 Å². The second-order valence-electron chi connectivity index (χ2n) is 1.95. The summed E-state index contributed by atoms with van der Waals surface area (Å²) in [4.78, 5) is 10.00. The minimum atomic E-state index is -0.0625. The van der Waals surface area contributed by atoms with Crippen LogP contribution >= 0.6 is 0 Å². The normalized spacial score (nSPS) is 17.4. The van der Waals surface area contributed by atoms with Gasteiger partial charge in [0.25, 0.3) is 0 Å². The van der Waals surface area contributed by atoms with E-state index in [1.54, 1.807) is 6.92 Å². The second kappa shape index (κ2) is 3.61. The monoisotopic (exact) mass is 114 g/mol. The molecule has 0 rings (SSSR count). The highest BCUT2D eigenvalue weighted by Gasteiger charge is 2.07. The van der Waals surface area contributed by atoms with Gasteiger partial charge in [0.2, 0.25) is 0 Å². The van der Waals surface area contributed by atoms with Crippen LogP contribution < -0.4 is 5.73 Å². The Labute approximate surface area is 50.1 Å². The van der Waals surface area contributed by atoms with Crippen LogP contribution in [0, 0.1) is 12.8 Å². The van der Waals surface area contributed by atoms with Gasteiger partial charge in [-0.05, 0) is 6.42 Å². The van der Waals surface area contributed by atoms with Crippen LogP contribution in [0.1, 0.15) is 13.3 Å². The first-order chi connectivity index (χ1) is 3.72. The van der Waals surface area contributed by atoms with E-state index in [9.17, 15) is 4.79 Å². The lowest BCUT2D eigenvalue weighted by molar-refractivity contribution is -0.111. The molecule has 2 atom stereocenters. The summed E-state index contributed by atoms with van der Waals surface area (Å²) in [7, 11) is 0. The van der Waals surface area contributed by atoms with Crippen molar-refractivity contribution in [1.82, 2.24) is 0 Å². The number of aldehydes is 1. The number of nitrogens with two attached hydrogens (primary N) is 1. The zero-order chi connectivity index (χ0) is 6.57. The van der Waals surface area contributed by atoms with E-state index in [4.69, 9.17) is 5.73 Å². The van der Waals surface area contributed by atoms with E-state index in [0.717, 1.165) is 6.29 Å². The number of carbonyl (C=O) groups is 1. The molecule has 0 spiro atoms. The molecule has 2 heteroatoms. The number of rotatable bonds is 3. The Morgan fingerprint density at radius 2 is 2.38 bits per heavy atom. The summed E-state index contributed by atoms with van der Waals surface area (Å²) in [5.74, 6) is -0.0486. The molecule has 2 nitrogen and oxygen atoms in total. The summed E-state index contributed by atoms with van der Waals surface area (Å²) in [6.45, 7) is 5.37. The van der Waals surface area contributed by atoms with Gasteiger partial charge in [0.1, 0.15) is 6.29 Å². The molecule has 0 aliphatic carbocycles. The van der Waals surface area contributed by atoms with E-state index in [0.29, 0.717) is 6.42 Å². The summed E-state index contributed by atoms with van der Waals surface area (Å²) in [5, 5.41) is 0. The molecular formula is C6H12NO. The van der Waals surface area contributed by atoms with Gasteiger partial charge in [-0.1, -0.05) is 13.8 Å². The zero-order valence-electron chi connectivity index (χ0n) is 5.13. The average Bonchev–Trinajstić information content (AvgIpc) is 1.84. The first kappa shape index (κ1) is 7.63. The van der Waals surface area contributed by atoms with Crippen molar-refractivity contribution in [2.45, 2.75) is 19.4 Å². The van der Waals surface area contributed by atoms with Gasteiger partial charge >= 0.3 is 0 Å². The molecule has 0 heterocycles. The molecule has 2 N–H and O–H groups in total. The van der Waals surface area contributed by atoms with Crippen molar-refractivity contribution in [3.8, 4) is 0 Å². The van der Waals surface area contributed by atoms with Crippen LogP contribution in [-0.4, -0.2) is 12.3 Å². The third-order valence-corrected chi connectivity index (χ3v) is 1.22. The Hall–Kier alpha value is -0.370. The smallest absolute Gasteiger partial charge is 0.124 e. The van der Waals surface area contributed by atoms with Crippen LogP contribution in [-0.2, 0) is 4.79 Å². The van der Waals surface area contributed by atoms with Gasteiger partial charge in [-0.2, -0.15) is 0 Å². The molecule has 0 saturated carbocycles. The molecular weight excluding hydrogens is 102 g/mol. The summed E-state index contributed by atoms with van der Waals surface area (Å²) in [6, 6.07) is -0.0625. The number of hydrogen-bond acceptors (Lipinski definition) is 2. The summed E-state index contributed by atoms with van der Waals surface area (Å²) in [5.41, 5.74) is 5.43. The topological polar surface area (TPSA) is 43.1 Å². The molecule has 8 heavy (non-hydrogen) atoms. The van der Waals surface area contributed by atoms with Crippen LogP contribution in [0.2, 0.25) is 0 Å². The molecule has 0 saturated heterocycles. The molecule has 0 aromatic rings. The van der Waals surface area contributed by atoms with Crippen molar-refractivity contribution in [2.24, 2.45) is 11.7 Å². The van der Waals surface area contributed by atoms with Crippen molar-refractivity contribution < 1.29 is 4.79 Å². The first-order valence-electron chi connectivity index (χ1n) is 2.72. The van der Waals surface area contributed by atoms with Gasteiger partial charge in [0.15, 0.2) is 0 Å². The van der Waals surface area contributed by atoms with Crippen molar-refractivity contribution in [2.75, 3.05) is 0 Å². The lowest BCUT2D eigenvalue weighted by Gasteiger charge is -2.09. The molecule has 0 aliphatic heterocycles. The molecule has 0 amide bonds. The summed E-state index contributed by atoms with van der Waals surface area (Å²) < 4.78 is 0. The van der Waals surface area contributed by atoms with E-state index >= 15 is 0 Å². The molecule has 0 bridgehead atoms. The highest BCUT2D eigenvalue weighted by atomic mass is 16.1. The van der Waals surface area contributed by atoms with E-state index in [-0.39, 0.29) is 12.0 Å². The highest BCUT2D eigenvalue weighted by Crippen LogP contribution is 1.98. The van der Waals surface area contributed by atoms with Gasteiger partial charge in [0, 0.05) is 12.0 Å². The lowest BCUT2D eigenvalue weighted by Crippen LogP contribution is -2.27. The van der Waals surface area contributed by atoms with Crippen molar-refractivity contribution in [3.63, 3.8) is 0 Å². The maximum absolute atomic E-state index is 10.00. The maximum atomic E-state index is 10.00. The Morgan fingerprint density at radius 3 is 2.50 bits per heavy atom. The Bertz CT molecular complexity index is 72.9.